The summed E-state index contributed by atoms with van der Waals surface area (Å²) in [4.78, 5) is 12.0. The maximum absolute atomic E-state index is 12.0. The van der Waals surface area contributed by atoms with Gasteiger partial charge in [-0.25, -0.2) is 0 Å². The lowest BCUT2D eigenvalue weighted by molar-refractivity contribution is 0.104. The lowest BCUT2D eigenvalue weighted by Crippen LogP contribution is -2.12. The first-order valence-electron chi connectivity index (χ1n) is 6.31. The van der Waals surface area contributed by atoms with Crippen LogP contribution in [-0.2, 0) is 6.54 Å². The molecule has 19 heavy (non-hydrogen) atoms. The Balaban J connectivity index is 1.94. The van der Waals surface area contributed by atoms with Crippen LogP contribution in [0.3, 0.4) is 0 Å². The number of hydrogen-bond donors (Lipinski definition) is 1. The largest absolute Gasteiger partial charge is 0.384 e. The van der Waals surface area contributed by atoms with Crippen molar-refractivity contribution in [2.45, 2.75) is 13.5 Å². The van der Waals surface area contributed by atoms with Gasteiger partial charge in [0.2, 0.25) is 0 Å². The molecule has 0 fully saturated rings. The standard InChI is InChI=1S/C17H17NO/c1-14(18-13-15-8-4-2-5-9-15)12-17(19)16-10-6-3-7-11-16/h2-12,18H,13H2,1H3/b14-12+. The monoisotopic (exact) mass is 251 g/mol. The second-order valence-electron chi connectivity index (χ2n) is 4.40. The second kappa shape index (κ2) is 6.55. The van der Waals surface area contributed by atoms with E-state index in [1.807, 2.05) is 55.5 Å². The number of benzene rings is 2. The van der Waals surface area contributed by atoms with Crippen molar-refractivity contribution < 1.29 is 4.79 Å². The highest BCUT2D eigenvalue weighted by atomic mass is 16.1. The highest BCUT2D eigenvalue weighted by Crippen LogP contribution is 2.04. The predicted octanol–water partition coefficient (Wildman–Crippen LogP) is 3.56. The molecule has 0 saturated heterocycles. The van der Waals surface area contributed by atoms with Crippen LogP contribution in [0.2, 0.25) is 0 Å². The summed E-state index contributed by atoms with van der Waals surface area (Å²) in [6.07, 6.45) is 1.64. The van der Waals surface area contributed by atoms with Gasteiger partial charge in [-0.15, -0.1) is 0 Å². The van der Waals surface area contributed by atoms with E-state index in [0.717, 1.165) is 12.2 Å². The van der Waals surface area contributed by atoms with E-state index >= 15 is 0 Å². The van der Waals surface area contributed by atoms with E-state index in [0.29, 0.717) is 5.56 Å². The molecular weight excluding hydrogens is 234 g/mol. The number of hydrogen-bond acceptors (Lipinski definition) is 2. The summed E-state index contributed by atoms with van der Waals surface area (Å²) < 4.78 is 0. The van der Waals surface area contributed by atoms with Crippen LogP contribution >= 0.6 is 0 Å². The molecule has 0 spiro atoms. The maximum atomic E-state index is 12.0. The van der Waals surface area contributed by atoms with Crippen LogP contribution in [0.5, 0.6) is 0 Å². The Hall–Kier alpha value is -2.35. The number of ketones is 1. The maximum Gasteiger partial charge on any atom is 0.187 e. The molecule has 0 aliphatic carbocycles. The van der Waals surface area contributed by atoms with Gasteiger partial charge in [0.05, 0.1) is 0 Å². The van der Waals surface area contributed by atoms with Crippen LogP contribution in [-0.4, -0.2) is 5.78 Å². The number of carbonyl (C=O) groups excluding carboxylic acids is 1. The molecule has 0 aliphatic rings. The van der Waals surface area contributed by atoms with Crippen molar-refractivity contribution in [3.8, 4) is 0 Å². The lowest BCUT2D eigenvalue weighted by atomic mass is 10.1. The fraction of sp³-hybridized carbons (Fsp3) is 0.118. The molecule has 96 valence electrons. The lowest BCUT2D eigenvalue weighted by Gasteiger charge is -2.06. The Labute approximate surface area is 113 Å². The average molecular weight is 251 g/mol. The molecule has 2 aromatic carbocycles. The van der Waals surface area contributed by atoms with Gasteiger partial charge in [-0.05, 0) is 12.5 Å². The van der Waals surface area contributed by atoms with Gasteiger partial charge in [-0.1, -0.05) is 60.7 Å². The van der Waals surface area contributed by atoms with Crippen LogP contribution in [0.1, 0.15) is 22.8 Å². The molecule has 0 atom stereocenters. The van der Waals surface area contributed by atoms with Gasteiger partial charge in [0, 0.05) is 23.9 Å². The molecule has 2 heteroatoms. The van der Waals surface area contributed by atoms with E-state index in [4.69, 9.17) is 0 Å². The third-order valence-electron chi connectivity index (χ3n) is 2.82. The summed E-state index contributed by atoms with van der Waals surface area (Å²) >= 11 is 0. The first-order valence-corrected chi connectivity index (χ1v) is 6.31. The van der Waals surface area contributed by atoms with Crippen LogP contribution in [0, 0.1) is 0 Å². The third-order valence-corrected chi connectivity index (χ3v) is 2.82. The summed E-state index contributed by atoms with van der Waals surface area (Å²) in [5.41, 5.74) is 2.78. The highest BCUT2D eigenvalue weighted by Gasteiger charge is 2.01. The van der Waals surface area contributed by atoms with Gasteiger partial charge in [-0.2, -0.15) is 0 Å². The van der Waals surface area contributed by atoms with Crippen molar-refractivity contribution in [1.29, 1.82) is 0 Å². The Morgan fingerprint density at radius 3 is 2.21 bits per heavy atom. The Morgan fingerprint density at radius 1 is 1.00 bits per heavy atom. The van der Waals surface area contributed by atoms with Gasteiger partial charge in [0.1, 0.15) is 0 Å². The third kappa shape index (κ3) is 4.11. The first kappa shape index (κ1) is 13.1. The summed E-state index contributed by atoms with van der Waals surface area (Å²) in [5, 5.41) is 3.24. The minimum absolute atomic E-state index is 0.0265. The summed E-state index contributed by atoms with van der Waals surface area (Å²) in [5.74, 6) is 0.0265. The van der Waals surface area contributed by atoms with Crippen molar-refractivity contribution in [1.82, 2.24) is 5.32 Å². The van der Waals surface area contributed by atoms with Gasteiger partial charge in [0.15, 0.2) is 5.78 Å². The van der Waals surface area contributed by atoms with E-state index in [1.165, 1.54) is 5.56 Å². The SMILES string of the molecule is C/C(=C\C(=O)c1ccccc1)NCc1ccccc1. The van der Waals surface area contributed by atoms with Crippen LogP contribution in [0.25, 0.3) is 0 Å². The molecule has 0 saturated carbocycles. The van der Waals surface area contributed by atoms with Crippen molar-refractivity contribution >= 4 is 5.78 Å². The van der Waals surface area contributed by atoms with Gasteiger partial charge >= 0.3 is 0 Å². The smallest absolute Gasteiger partial charge is 0.187 e. The van der Waals surface area contributed by atoms with E-state index in [2.05, 4.69) is 17.4 Å². The zero-order valence-electron chi connectivity index (χ0n) is 11.0. The molecule has 2 aromatic rings. The number of allylic oxidation sites excluding steroid dienone is 2. The van der Waals surface area contributed by atoms with Crippen LogP contribution in [0.4, 0.5) is 0 Å². The minimum Gasteiger partial charge on any atom is -0.384 e. The van der Waals surface area contributed by atoms with Crippen LogP contribution < -0.4 is 5.32 Å². The van der Waals surface area contributed by atoms with Crippen molar-refractivity contribution in [2.75, 3.05) is 0 Å². The quantitative estimate of drug-likeness (QED) is 0.650. The highest BCUT2D eigenvalue weighted by molar-refractivity contribution is 6.04. The molecular formula is C17H17NO. The van der Waals surface area contributed by atoms with Gasteiger partial charge in [0.25, 0.3) is 0 Å². The summed E-state index contributed by atoms with van der Waals surface area (Å²) in [7, 11) is 0. The predicted molar refractivity (Wildman–Crippen MR) is 77.8 cm³/mol. The van der Waals surface area contributed by atoms with Gasteiger partial charge < -0.3 is 5.32 Å². The van der Waals surface area contributed by atoms with E-state index < -0.39 is 0 Å². The molecule has 2 nitrogen and oxygen atoms in total. The number of rotatable bonds is 5. The molecule has 0 amide bonds. The Morgan fingerprint density at radius 2 is 1.58 bits per heavy atom. The minimum atomic E-state index is 0.0265. The fourth-order valence-corrected chi connectivity index (χ4v) is 1.77. The molecule has 2 rings (SSSR count). The van der Waals surface area contributed by atoms with E-state index in [-0.39, 0.29) is 5.78 Å². The second-order valence-corrected chi connectivity index (χ2v) is 4.40. The van der Waals surface area contributed by atoms with Gasteiger partial charge in [-0.3, -0.25) is 4.79 Å². The molecule has 0 aromatic heterocycles. The number of nitrogens with one attached hydrogen (secondary N) is 1. The summed E-state index contributed by atoms with van der Waals surface area (Å²) in [6.45, 7) is 2.63. The fourth-order valence-electron chi connectivity index (χ4n) is 1.77. The van der Waals surface area contributed by atoms with Crippen molar-refractivity contribution in [2.24, 2.45) is 0 Å². The van der Waals surface area contributed by atoms with Crippen molar-refractivity contribution in [3.05, 3.63) is 83.6 Å². The molecule has 0 heterocycles. The normalized spacial score (nSPS) is 11.1. The molecule has 0 radical (unpaired) electrons. The van der Waals surface area contributed by atoms with E-state index in [9.17, 15) is 4.79 Å². The zero-order valence-corrected chi connectivity index (χ0v) is 11.0. The molecule has 0 bridgehead atoms. The Bertz CT molecular complexity index is 558. The topological polar surface area (TPSA) is 29.1 Å². The number of carbonyl (C=O) groups is 1. The van der Waals surface area contributed by atoms with Crippen LogP contribution in [0.15, 0.2) is 72.4 Å². The summed E-state index contributed by atoms with van der Waals surface area (Å²) in [6, 6.07) is 19.4. The van der Waals surface area contributed by atoms with Crippen molar-refractivity contribution in [3.63, 3.8) is 0 Å². The average Bonchev–Trinajstić information content (AvgIpc) is 2.47. The molecule has 0 aliphatic heterocycles. The zero-order chi connectivity index (χ0) is 13.5. The molecule has 0 unspecified atom stereocenters. The molecule has 1 N–H and O–H groups in total. The van der Waals surface area contributed by atoms with E-state index in [1.54, 1.807) is 6.08 Å². The first-order chi connectivity index (χ1) is 9.25. The Kier molecular flexibility index (Phi) is 4.51.